The number of aromatic nitrogens is 2. The summed E-state index contributed by atoms with van der Waals surface area (Å²) in [7, 11) is 4.03. The summed E-state index contributed by atoms with van der Waals surface area (Å²) < 4.78 is 2.06. The fourth-order valence-electron chi connectivity index (χ4n) is 2.40. The number of nitrogens with zero attached hydrogens (tertiary/aromatic N) is 3. The lowest BCUT2D eigenvalue weighted by Gasteiger charge is -2.32. The zero-order chi connectivity index (χ0) is 15.9. The van der Waals surface area contributed by atoms with Crippen LogP contribution < -0.4 is 5.32 Å². The maximum absolute atomic E-state index is 12.6. The van der Waals surface area contributed by atoms with Gasteiger partial charge in [-0.2, -0.15) is 0 Å². The molecule has 2 aromatic rings. The lowest BCUT2D eigenvalue weighted by Crippen LogP contribution is -2.48. The van der Waals surface area contributed by atoms with Crippen molar-refractivity contribution in [2.24, 2.45) is 0 Å². The molecule has 0 aliphatic heterocycles. The number of pyridine rings is 1. The first kappa shape index (κ1) is 15.0. The standard InChI is InChI=1S/C17H24N4O/c1-17(2,20(3)4)11-18-16(22)14-13-7-5-6-10-21(13)15(19-14)12-8-9-12/h5-7,10,12H,8-9,11H2,1-4H3,(H,18,22). The lowest BCUT2D eigenvalue weighted by atomic mass is 10.0. The number of hydrogen-bond acceptors (Lipinski definition) is 3. The van der Waals surface area contributed by atoms with Gasteiger partial charge in [0.25, 0.3) is 5.91 Å². The van der Waals surface area contributed by atoms with Gasteiger partial charge in [0, 0.05) is 24.2 Å². The summed E-state index contributed by atoms with van der Waals surface area (Å²) in [6.45, 7) is 4.80. The summed E-state index contributed by atoms with van der Waals surface area (Å²) in [5.74, 6) is 1.44. The maximum atomic E-state index is 12.6. The van der Waals surface area contributed by atoms with E-state index in [0.717, 1.165) is 11.3 Å². The van der Waals surface area contributed by atoms with E-state index in [4.69, 9.17) is 0 Å². The van der Waals surface area contributed by atoms with E-state index in [2.05, 4.69) is 33.4 Å². The fourth-order valence-corrected chi connectivity index (χ4v) is 2.40. The topological polar surface area (TPSA) is 49.6 Å². The molecular weight excluding hydrogens is 276 g/mol. The minimum Gasteiger partial charge on any atom is -0.349 e. The van der Waals surface area contributed by atoms with Crippen LogP contribution in [0, 0.1) is 0 Å². The highest BCUT2D eigenvalue weighted by molar-refractivity contribution is 5.99. The Labute approximate surface area is 131 Å². The van der Waals surface area contributed by atoms with Crippen molar-refractivity contribution < 1.29 is 4.79 Å². The second-order valence-electron chi connectivity index (χ2n) is 6.94. The Balaban J connectivity index is 1.85. The molecule has 5 nitrogen and oxygen atoms in total. The van der Waals surface area contributed by atoms with Crippen LogP contribution in [0.5, 0.6) is 0 Å². The Morgan fingerprint density at radius 2 is 2.14 bits per heavy atom. The summed E-state index contributed by atoms with van der Waals surface area (Å²) in [4.78, 5) is 19.3. The molecule has 0 unspecified atom stereocenters. The molecule has 1 saturated carbocycles. The summed E-state index contributed by atoms with van der Waals surface area (Å²) in [6, 6.07) is 5.90. The molecule has 0 aromatic carbocycles. The van der Waals surface area contributed by atoms with Gasteiger partial charge in [-0.1, -0.05) is 6.07 Å². The van der Waals surface area contributed by atoms with Crippen LogP contribution in [0.3, 0.4) is 0 Å². The molecule has 3 rings (SSSR count). The van der Waals surface area contributed by atoms with Crippen LogP contribution in [-0.2, 0) is 0 Å². The molecular formula is C17H24N4O. The molecule has 1 N–H and O–H groups in total. The lowest BCUT2D eigenvalue weighted by molar-refractivity contribution is 0.0917. The van der Waals surface area contributed by atoms with Crippen molar-refractivity contribution in [1.29, 1.82) is 0 Å². The molecule has 1 amide bonds. The molecule has 5 heteroatoms. The first-order chi connectivity index (χ1) is 10.4. The van der Waals surface area contributed by atoms with Gasteiger partial charge in [-0.3, -0.25) is 4.79 Å². The molecule has 1 fully saturated rings. The minimum atomic E-state index is -0.0927. The van der Waals surface area contributed by atoms with Gasteiger partial charge in [0.05, 0.1) is 5.52 Å². The summed E-state index contributed by atoms with van der Waals surface area (Å²) in [5, 5.41) is 3.03. The van der Waals surface area contributed by atoms with Crippen LogP contribution in [0.25, 0.3) is 5.52 Å². The highest BCUT2D eigenvalue weighted by atomic mass is 16.1. The predicted molar refractivity (Wildman–Crippen MR) is 87.3 cm³/mol. The average molecular weight is 300 g/mol. The largest absolute Gasteiger partial charge is 0.349 e. The second kappa shape index (κ2) is 5.39. The van der Waals surface area contributed by atoms with Crippen molar-refractivity contribution in [3.8, 4) is 0 Å². The number of hydrogen-bond donors (Lipinski definition) is 1. The van der Waals surface area contributed by atoms with E-state index in [-0.39, 0.29) is 11.4 Å². The Hall–Kier alpha value is -1.88. The molecule has 0 saturated heterocycles. The number of rotatable bonds is 5. The number of likely N-dealkylation sites (N-methyl/N-ethyl adjacent to an activating group) is 1. The molecule has 22 heavy (non-hydrogen) atoms. The van der Waals surface area contributed by atoms with Gasteiger partial charge in [-0.25, -0.2) is 4.98 Å². The van der Waals surface area contributed by atoms with E-state index < -0.39 is 0 Å². The molecule has 118 valence electrons. The number of fused-ring (bicyclic) bond motifs is 1. The van der Waals surface area contributed by atoms with Crippen LogP contribution >= 0.6 is 0 Å². The van der Waals surface area contributed by atoms with Crippen molar-refractivity contribution >= 4 is 11.4 Å². The van der Waals surface area contributed by atoms with Crippen molar-refractivity contribution in [1.82, 2.24) is 19.6 Å². The van der Waals surface area contributed by atoms with Crippen molar-refractivity contribution in [2.75, 3.05) is 20.6 Å². The van der Waals surface area contributed by atoms with Gasteiger partial charge < -0.3 is 14.6 Å². The Bertz CT molecular complexity index is 698. The van der Waals surface area contributed by atoms with Crippen LogP contribution in [0.15, 0.2) is 24.4 Å². The fraction of sp³-hybridized carbons (Fsp3) is 0.529. The molecule has 1 aliphatic carbocycles. The molecule has 2 aromatic heterocycles. The summed E-state index contributed by atoms with van der Waals surface area (Å²) >= 11 is 0. The van der Waals surface area contributed by atoms with Gasteiger partial charge in [-0.05, 0) is 52.9 Å². The molecule has 2 heterocycles. The van der Waals surface area contributed by atoms with Gasteiger partial charge in [-0.15, -0.1) is 0 Å². The minimum absolute atomic E-state index is 0.0921. The zero-order valence-electron chi connectivity index (χ0n) is 13.8. The van der Waals surface area contributed by atoms with Crippen molar-refractivity contribution in [2.45, 2.75) is 38.1 Å². The smallest absolute Gasteiger partial charge is 0.272 e. The second-order valence-corrected chi connectivity index (χ2v) is 6.94. The SMILES string of the molecule is CN(C)C(C)(C)CNC(=O)c1nc(C2CC2)n2ccccc12. The molecule has 0 bridgehead atoms. The van der Waals surface area contributed by atoms with Crippen molar-refractivity contribution in [3.05, 3.63) is 35.9 Å². The van der Waals surface area contributed by atoms with Crippen LogP contribution in [0.2, 0.25) is 0 Å². The normalized spacial score (nSPS) is 15.5. The van der Waals surface area contributed by atoms with Crippen molar-refractivity contribution in [3.63, 3.8) is 0 Å². The first-order valence-electron chi connectivity index (χ1n) is 7.83. The molecule has 1 aliphatic rings. The zero-order valence-corrected chi connectivity index (χ0v) is 13.8. The number of carbonyl (C=O) groups is 1. The van der Waals surface area contributed by atoms with Crippen LogP contribution in [0.4, 0.5) is 0 Å². The van der Waals surface area contributed by atoms with Gasteiger partial charge in [0.1, 0.15) is 5.82 Å². The molecule has 0 spiro atoms. The van der Waals surface area contributed by atoms with Crippen LogP contribution in [-0.4, -0.2) is 46.4 Å². The van der Waals surface area contributed by atoms with Gasteiger partial charge in [0.15, 0.2) is 5.69 Å². The monoisotopic (exact) mass is 300 g/mol. The third-order valence-electron chi connectivity index (χ3n) is 4.63. The summed E-state index contributed by atoms with van der Waals surface area (Å²) in [5.41, 5.74) is 1.34. The Morgan fingerprint density at radius 1 is 1.41 bits per heavy atom. The maximum Gasteiger partial charge on any atom is 0.272 e. The highest BCUT2D eigenvalue weighted by Gasteiger charge is 2.30. The van der Waals surface area contributed by atoms with Crippen LogP contribution in [0.1, 0.15) is 48.9 Å². The number of nitrogens with one attached hydrogen (secondary N) is 1. The number of carbonyl (C=O) groups excluding carboxylic acids is 1. The van der Waals surface area contributed by atoms with E-state index in [1.165, 1.54) is 12.8 Å². The van der Waals surface area contributed by atoms with Gasteiger partial charge in [0.2, 0.25) is 0 Å². The third kappa shape index (κ3) is 2.73. The predicted octanol–water partition coefficient (Wildman–Crippen LogP) is 2.28. The third-order valence-corrected chi connectivity index (χ3v) is 4.63. The first-order valence-corrected chi connectivity index (χ1v) is 7.83. The van der Waals surface area contributed by atoms with E-state index in [9.17, 15) is 4.79 Å². The highest BCUT2D eigenvalue weighted by Crippen LogP contribution is 2.39. The number of amides is 1. The van der Waals surface area contributed by atoms with E-state index >= 15 is 0 Å². The quantitative estimate of drug-likeness (QED) is 0.921. The van der Waals surface area contributed by atoms with Gasteiger partial charge >= 0.3 is 0 Å². The van der Waals surface area contributed by atoms with E-state index in [0.29, 0.717) is 18.2 Å². The Morgan fingerprint density at radius 3 is 2.77 bits per heavy atom. The summed E-state index contributed by atoms with van der Waals surface area (Å²) in [6.07, 6.45) is 4.34. The van der Waals surface area contributed by atoms with E-state index in [1.807, 2.05) is 38.5 Å². The molecule has 0 radical (unpaired) electrons. The number of imidazole rings is 1. The Kier molecular flexibility index (Phi) is 3.68. The molecule has 0 atom stereocenters. The average Bonchev–Trinajstić information content (AvgIpc) is 3.25. The van der Waals surface area contributed by atoms with E-state index in [1.54, 1.807) is 0 Å².